The Balaban J connectivity index is 1.93. The first-order chi connectivity index (χ1) is 11.8. The second-order valence-corrected chi connectivity index (χ2v) is 5.89. The van der Waals surface area contributed by atoms with E-state index in [-0.39, 0.29) is 0 Å². The second kappa shape index (κ2) is 9.76. The lowest BCUT2D eigenvalue weighted by Crippen LogP contribution is -1.97. The topological polar surface area (TPSA) is 42.3 Å². The Kier molecular flexibility index (Phi) is 7.34. The van der Waals surface area contributed by atoms with Crippen molar-refractivity contribution in [2.24, 2.45) is 0 Å². The predicted molar refractivity (Wildman–Crippen MR) is 101 cm³/mol. The molecule has 2 aromatic rings. The summed E-state index contributed by atoms with van der Waals surface area (Å²) in [6.45, 7) is 3.01. The summed E-state index contributed by atoms with van der Waals surface area (Å²) in [5, 5.41) is 7.49. The summed E-state index contributed by atoms with van der Waals surface area (Å²) in [6.07, 6.45) is 7.55. The van der Waals surface area contributed by atoms with Gasteiger partial charge in [-0.15, -0.1) is 0 Å². The van der Waals surface area contributed by atoms with Crippen LogP contribution >= 0.6 is 0 Å². The molecule has 0 aliphatic rings. The molecule has 0 saturated heterocycles. The monoisotopic (exact) mass is 325 g/mol. The molecule has 1 N–H and O–H groups in total. The Morgan fingerprint density at radius 3 is 2.29 bits per heavy atom. The van der Waals surface area contributed by atoms with Crippen molar-refractivity contribution in [3.8, 4) is 22.6 Å². The van der Waals surface area contributed by atoms with Gasteiger partial charge in [-0.2, -0.15) is 0 Å². The molecule has 0 aromatic heterocycles. The minimum absolute atomic E-state index is 0.719. The molecule has 3 heteroatoms. The van der Waals surface area contributed by atoms with E-state index in [9.17, 15) is 0 Å². The van der Waals surface area contributed by atoms with Crippen LogP contribution in [0.4, 0.5) is 0 Å². The molecule has 0 bridgehead atoms. The van der Waals surface area contributed by atoms with Crippen molar-refractivity contribution in [1.29, 1.82) is 5.41 Å². The Hall–Kier alpha value is -2.29. The molecule has 0 unspecified atom stereocenters. The maximum Gasteiger partial charge on any atom is 0.127 e. The molecule has 3 nitrogen and oxygen atoms in total. The van der Waals surface area contributed by atoms with Gasteiger partial charge in [-0.3, -0.25) is 0 Å². The lowest BCUT2D eigenvalue weighted by atomic mass is 10.0. The zero-order valence-electron chi connectivity index (χ0n) is 14.7. The normalized spacial score (nSPS) is 10.4. The van der Waals surface area contributed by atoms with Gasteiger partial charge in [0.05, 0.1) is 13.7 Å². The largest absolute Gasteiger partial charge is 0.496 e. The molecular weight excluding hydrogens is 298 g/mol. The number of hydrogen-bond acceptors (Lipinski definition) is 3. The lowest BCUT2D eigenvalue weighted by Gasteiger charge is -2.09. The van der Waals surface area contributed by atoms with Gasteiger partial charge >= 0.3 is 0 Å². The maximum absolute atomic E-state index is 7.49. The Morgan fingerprint density at radius 2 is 1.62 bits per heavy atom. The van der Waals surface area contributed by atoms with Crippen LogP contribution in [-0.2, 0) is 0 Å². The SMILES string of the molecule is CCCCCCCOc1ccc(-c2ccc(OC)c(C=N)c2)cc1. The van der Waals surface area contributed by atoms with Crippen LogP contribution in [0.5, 0.6) is 11.5 Å². The first kappa shape index (κ1) is 18.1. The third-order valence-corrected chi connectivity index (χ3v) is 4.09. The van der Waals surface area contributed by atoms with Crippen molar-refractivity contribution in [2.75, 3.05) is 13.7 Å². The van der Waals surface area contributed by atoms with Gasteiger partial charge in [-0.25, -0.2) is 0 Å². The Bertz CT molecular complexity index is 635. The summed E-state index contributed by atoms with van der Waals surface area (Å²) in [4.78, 5) is 0. The van der Waals surface area contributed by atoms with E-state index >= 15 is 0 Å². The highest BCUT2D eigenvalue weighted by Gasteiger charge is 2.04. The zero-order valence-corrected chi connectivity index (χ0v) is 14.7. The van der Waals surface area contributed by atoms with E-state index in [4.69, 9.17) is 14.9 Å². The van der Waals surface area contributed by atoms with Crippen molar-refractivity contribution in [2.45, 2.75) is 39.0 Å². The van der Waals surface area contributed by atoms with Crippen molar-refractivity contribution >= 4 is 6.21 Å². The summed E-state index contributed by atoms with van der Waals surface area (Å²) < 4.78 is 11.1. The highest BCUT2D eigenvalue weighted by Crippen LogP contribution is 2.27. The van der Waals surface area contributed by atoms with Gasteiger partial charge in [0.1, 0.15) is 11.5 Å². The third-order valence-electron chi connectivity index (χ3n) is 4.09. The fourth-order valence-electron chi connectivity index (χ4n) is 2.67. The minimum atomic E-state index is 0.719. The van der Waals surface area contributed by atoms with Gasteiger partial charge in [0.2, 0.25) is 0 Å². The molecule has 2 rings (SSSR count). The fourth-order valence-corrected chi connectivity index (χ4v) is 2.67. The van der Waals surface area contributed by atoms with E-state index in [1.165, 1.54) is 31.9 Å². The summed E-state index contributed by atoms with van der Waals surface area (Å²) in [6, 6.07) is 14.0. The van der Waals surface area contributed by atoms with Gasteiger partial charge < -0.3 is 14.9 Å². The van der Waals surface area contributed by atoms with Crippen molar-refractivity contribution < 1.29 is 9.47 Å². The molecular formula is C21H27NO2. The summed E-state index contributed by atoms with van der Waals surface area (Å²) in [5.41, 5.74) is 2.96. The van der Waals surface area contributed by atoms with E-state index in [0.29, 0.717) is 0 Å². The first-order valence-corrected chi connectivity index (χ1v) is 8.70. The van der Waals surface area contributed by atoms with Crippen molar-refractivity contribution in [1.82, 2.24) is 0 Å². The van der Waals surface area contributed by atoms with Crippen LogP contribution in [0.3, 0.4) is 0 Å². The molecule has 0 heterocycles. The Morgan fingerprint density at radius 1 is 0.917 bits per heavy atom. The molecule has 24 heavy (non-hydrogen) atoms. The second-order valence-electron chi connectivity index (χ2n) is 5.89. The number of ether oxygens (including phenoxy) is 2. The quantitative estimate of drug-likeness (QED) is 0.449. The van der Waals surface area contributed by atoms with Crippen LogP contribution in [-0.4, -0.2) is 19.9 Å². The molecule has 0 fully saturated rings. The van der Waals surface area contributed by atoms with Gasteiger partial charge in [0.25, 0.3) is 0 Å². The van der Waals surface area contributed by atoms with E-state index in [2.05, 4.69) is 19.1 Å². The van der Waals surface area contributed by atoms with Crippen molar-refractivity contribution in [3.63, 3.8) is 0 Å². The summed E-state index contributed by atoms with van der Waals surface area (Å²) in [7, 11) is 1.62. The smallest absolute Gasteiger partial charge is 0.127 e. The van der Waals surface area contributed by atoms with Crippen LogP contribution in [0.25, 0.3) is 11.1 Å². The fraction of sp³-hybridized carbons (Fsp3) is 0.381. The third kappa shape index (κ3) is 5.12. The highest BCUT2D eigenvalue weighted by atomic mass is 16.5. The number of unbranched alkanes of at least 4 members (excludes halogenated alkanes) is 4. The first-order valence-electron chi connectivity index (χ1n) is 8.70. The van der Waals surface area contributed by atoms with Gasteiger partial charge in [-0.1, -0.05) is 50.8 Å². The van der Waals surface area contributed by atoms with E-state index in [1.54, 1.807) is 7.11 Å². The lowest BCUT2D eigenvalue weighted by molar-refractivity contribution is 0.304. The zero-order chi connectivity index (χ0) is 17.2. The summed E-state index contributed by atoms with van der Waals surface area (Å²) in [5.74, 6) is 1.63. The number of rotatable bonds is 10. The van der Waals surface area contributed by atoms with E-state index < -0.39 is 0 Å². The molecule has 0 atom stereocenters. The molecule has 0 aliphatic heterocycles. The van der Waals surface area contributed by atoms with Crippen LogP contribution in [0, 0.1) is 5.41 Å². The minimum Gasteiger partial charge on any atom is -0.496 e. The molecule has 0 aliphatic carbocycles. The Labute approximate surface area is 145 Å². The van der Waals surface area contributed by atoms with Gasteiger partial charge in [0, 0.05) is 11.8 Å². The van der Waals surface area contributed by atoms with Gasteiger partial charge in [-0.05, 0) is 41.8 Å². The van der Waals surface area contributed by atoms with E-state index in [1.807, 2.05) is 30.3 Å². The van der Waals surface area contributed by atoms with Crippen LogP contribution in [0.2, 0.25) is 0 Å². The van der Waals surface area contributed by atoms with Crippen molar-refractivity contribution in [3.05, 3.63) is 48.0 Å². The van der Waals surface area contributed by atoms with Gasteiger partial charge in [0.15, 0.2) is 0 Å². The van der Waals surface area contributed by atoms with Crippen LogP contribution in [0.1, 0.15) is 44.6 Å². The van der Waals surface area contributed by atoms with Crippen LogP contribution in [0.15, 0.2) is 42.5 Å². The predicted octanol–water partition coefficient (Wildman–Crippen LogP) is 5.71. The molecule has 2 aromatic carbocycles. The van der Waals surface area contributed by atoms with Crippen LogP contribution < -0.4 is 9.47 Å². The average molecular weight is 325 g/mol. The number of nitrogens with one attached hydrogen (secondary N) is 1. The number of benzene rings is 2. The average Bonchev–Trinajstić information content (AvgIpc) is 2.64. The molecule has 0 radical (unpaired) electrons. The molecule has 128 valence electrons. The molecule has 0 amide bonds. The van der Waals surface area contributed by atoms with E-state index in [0.717, 1.165) is 41.2 Å². The summed E-state index contributed by atoms with van der Waals surface area (Å²) >= 11 is 0. The molecule has 0 saturated carbocycles. The standard InChI is InChI=1S/C21H27NO2/c1-3-4-5-6-7-14-24-20-11-8-17(9-12-20)18-10-13-21(23-2)19(15-18)16-22/h8-13,15-16,22H,3-7,14H2,1-2H3. The highest BCUT2D eigenvalue weighted by molar-refractivity contribution is 5.84. The number of methoxy groups -OCH3 is 1. The number of hydrogen-bond donors (Lipinski definition) is 1. The maximum atomic E-state index is 7.49. The molecule has 0 spiro atoms.